The Bertz CT molecular complexity index is 573. The number of hydrogen-bond acceptors (Lipinski definition) is 3. The van der Waals surface area contributed by atoms with Crippen LogP contribution in [0.3, 0.4) is 0 Å². The van der Waals surface area contributed by atoms with E-state index < -0.39 is 0 Å². The van der Waals surface area contributed by atoms with E-state index in [0.29, 0.717) is 0 Å². The molecule has 1 aliphatic heterocycles. The first kappa shape index (κ1) is 14.7. The van der Waals surface area contributed by atoms with Gasteiger partial charge >= 0.3 is 0 Å². The van der Waals surface area contributed by atoms with Gasteiger partial charge < -0.3 is 5.32 Å². The molecular weight excluding hydrogens is 283 g/mol. The van der Waals surface area contributed by atoms with Crippen LogP contribution >= 0.6 is 11.3 Å². The zero-order chi connectivity index (χ0) is 14.7. The highest BCUT2D eigenvalue weighted by Crippen LogP contribution is 2.34. The Labute approximate surface area is 129 Å². The van der Waals surface area contributed by atoms with E-state index in [2.05, 4.69) is 29.3 Å². The van der Waals surface area contributed by atoms with Crippen molar-refractivity contribution in [1.82, 2.24) is 10.2 Å². The van der Waals surface area contributed by atoms with E-state index in [9.17, 15) is 4.39 Å². The highest BCUT2D eigenvalue weighted by Gasteiger charge is 2.25. The quantitative estimate of drug-likeness (QED) is 0.931. The lowest BCUT2D eigenvalue weighted by atomic mass is 10.0. The second kappa shape index (κ2) is 6.69. The fraction of sp³-hybridized carbons (Fsp3) is 0.412. The van der Waals surface area contributed by atoms with Crippen LogP contribution in [0.1, 0.15) is 28.3 Å². The van der Waals surface area contributed by atoms with E-state index >= 15 is 0 Å². The average molecular weight is 304 g/mol. The number of thiophene rings is 1. The van der Waals surface area contributed by atoms with Gasteiger partial charge in [-0.05, 0) is 36.2 Å². The number of nitrogens with one attached hydrogen (secondary N) is 1. The molecule has 1 N–H and O–H groups in total. The normalized spacial score (nSPS) is 17.8. The Morgan fingerprint density at radius 1 is 1.14 bits per heavy atom. The molecule has 4 heteroatoms. The third kappa shape index (κ3) is 3.34. The van der Waals surface area contributed by atoms with Gasteiger partial charge in [0.15, 0.2) is 0 Å². The van der Waals surface area contributed by atoms with Gasteiger partial charge in [0.1, 0.15) is 5.82 Å². The van der Waals surface area contributed by atoms with Crippen LogP contribution in [0.25, 0.3) is 0 Å². The molecule has 0 spiro atoms. The van der Waals surface area contributed by atoms with Crippen LogP contribution in [0.5, 0.6) is 0 Å². The summed E-state index contributed by atoms with van der Waals surface area (Å²) in [4.78, 5) is 5.27. The molecule has 1 atom stereocenters. The molecule has 2 heterocycles. The van der Waals surface area contributed by atoms with E-state index in [-0.39, 0.29) is 11.9 Å². The second-order valence-electron chi connectivity index (χ2n) is 5.40. The van der Waals surface area contributed by atoms with Crippen molar-refractivity contribution in [3.63, 3.8) is 0 Å². The molecule has 1 aromatic heterocycles. The van der Waals surface area contributed by atoms with Gasteiger partial charge in [0, 0.05) is 35.9 Å². The molecule has 0 aliphatic carbocycles. The zero-order valence-electron chi connectivity index (χ0n) is 12.3. The van der Waals surface area contributed by atoms with Crippen molar-refractivity contribution < 1.29 is 4.39 Å². The van der Waals surface area contributed by atoms with Gasteiger partial charge in [-0.1, -0.05) is 19.1 Å². The first-order chi connectivity index (χ1) is 10.3. The Kier molecular flexibility index (Phi) is 4.68. The minimum atomic E-state index is -0.168. The number of nitrogens with zero attached hydrogens (tertiary/aromatic N) is 1. The van der Waals surface area contributed by atoms with E-state index in [4.69, 9.17) is 0 Å². The Hall–Kier alpha value is -1.23. The molecule has 1 fully saturated rings. The molecule has 0 bridgehead atoms. The summed E-state index contributed by atoms with van der Waals surface area (Å²) in [6.07, 6.45) is 1.07. The first-order valence-electron chi connectivity index (χ1n) is 7.57. The number of hydrogen-bond donors (Lipinski definition) is 1. The van der Waals surface area contributed by atoms with E-state index in [1.165, 1.54) is 15.3 Å². The minimum absolute atomic E-state index is 0.168. The van der Waals surface area contributed by atoms with Gasteiger partial charge in [0.05, 0.1) is 6.04 Å². The predicted octanol–water partition coefficient (Wildman–Crippen LogP) is 3.44. The van der Waals surface area contributed by atoms with Gasteiger partial charge in [-0.15, -0.1) is 11.3 Å². The SMILES string of the molecule is CCc1ccc(C(c2ccc(F)cc2)N2CCNCC2)s1. The van der Waals surface area contributed by atoms with Crippen LogP contribution in [-0.4, -0.2) is 31.1 Å². The van der Waals surface area contributed by atoms with Crippen LogP contribution in [0, 0.1) is 5.82 Å². The number of piperazine rings is 1. The summed E-state index contributed by atoms with van der Waals surface area (Å²) >= 11 is 1.88. The van der Waals surface area contributed by atoms with Gasteiger partial charge in [0.25, 0.3) is 0 Å². The average Bonchev–Trinajstić information content (AvgIpc) is 2.99. The van der Waals surface area contributed by atoms with Crippen molar-refractivity contribution in [3.8, 4) is 0 Å². The fourth-order valence-corrected chi connectivity index (χ4v) is 3.99. The Morgan fingerprint density at radius 3 is 2.48 bits per heavy atom. The van der Waals surface area contributed by atoms with Gasteiger partial charge in [-0.2, -0.15) is 0 Å². The highest BCUT2D eigenvalue weighted by molar-refractivity contribution is 7.12. The lowest BCUT2D eigenvalue weighted by molar-refractivity contribution is 0.200. The van der Waals surface area contributed by atoms with Crippen molar-refractivity contribution in [2.75, 3.05) is 26.2 Å². The Balaban J connectivity index is 1.95. The summed E-state index contributed by atoms with van der Waals surface area (Å²) in [6, 6.07) is 11.7. The largest absolute Gasteiger partial charge is 0.314 e. The van der Waals surface area contributed by atoms with Crippen LogP contribution in [0.15, 0.2) is 36.4 Å². The van der Waals surface area contributed by atoms with E-state index in [1.54, 1.807) is 12.1 Å². The van der Waals surface area contributed by atoms with Crippen LogP contribution in [0.2, 0.25) is 0 Å². The van der Waals surface area contributed by atoms with Crippen LogP contribution < -0.4 is 5.32 Å². The van der Waals surface area contributed by atoms with Gasteiger partial charge in [-0.25, -0.2) is 4.39 Å². The molecule has 2 nitrogen and oxygen atoms in total. The number of benzene rings is 1. The number of aryl methyl sites for hydroxylation is 1. The molecule has 1 aliphatic rings. The molecule has 21 heavy (non-hydrogen) atoms. The van der Waals surface area contributed by atoms with Crippen LogP contribution in [-0.2, 0) is 6.42 Å². The zero-order valence-corrected chi connectivity index (χ0v) is 13.1. The lowest BCUT2D eigenvalue weighted by Gasteiger charge is -2.34. The summed E-state index contributed by atoms with van der Waals surface area (Å²) in [6.45, 7) is 6.28. The summed E-state index contributed by atoms with van der Waals surface area (Å²) < 4.78 is 13.2. The predicted molar refractivity (Wildman–Crippen MR) is 86.4 cm³/mol. The third-order valence-electron chi connectivity index (χ3n) is 4.00. The molecular formula is C17H21FN2S. The number of halogens is 1. The summed E-state index contributed by atoms with van der Waals surface area (Å²) in [5.41, 5.74) is 1.18. The summed E-state index contributed by atoms with van der Waals surface area (Å²) in [5, 5.41) is 3.40. The topological polar surface area (TPSA) is 15.3 Å². The molecule has 1 unspecified atom stereocenters. The monoisotopic (exact) mass is 304 g/mol. The van der Waals surface area contributed by atoms with Gasteiger partial charge in [-0.3, -0.25) is 4.90 Å². The van der Waals surface area contributed by atoms with Crippen molar-refractivity contribution in [3.05, 3.63) is 57.5 Å². The molecule has 112 valence electrons. The van der Waals surface area contributed by atoms with Gasteiger partial charge in [0.2, 0.25) is 0 Å². The second-order valence-corrected chi connectivity index (χ2v) is 6.60. The highest BCUT2D eigenvalue weighted by atomic mass is 32.1. The molecule has 2 aromatic rings. The van der Waals surface area contributed by atoms with Crippen molar-refractivity contribution in [1.29, 1.82) is 0 Å². The summed E-state index contributed by atoms with van der Waals surface area (Å²) in [7, 11) is 0. The van der Waals surface area contributed by atoms with E-state index in [0.717, 1.165) is 32.6 Å². The maximum absolute atomic E-state index is 13.2. The maximum Gasteiger partial charge on any atom is 0.123 e. The van der Waals surface area contributed by atoms with Crippen molar-refractivity contribution in [2.45, 2.75) is 19.4 Å². The van der Waals surface area contributed by atoms with Crippen LogP contribution in [0.4, 0.5) is 4.39 Å². The third-order valence-corrected chi connectivity index (χ3v) is 5.28. The molecule has 0 amide bonds. The fourth-order valence-electron chi connectivity index (χ4n) is 2.87. The summed E-state index contributed by atoms with van der Waals surface area (Å²) in [5.74, 6) is -0.168. The first-order valence-corrected chi connectivity index (χ1v) is 8.38. The molecule has 1 saturated heterocycles. The molecule has 1 aromatic carbocycles. The van der Waals surface area contributed by atoms with Crippen molar-refractivity contribution in [2.24, 2.45) is 0 Å². The molecule has 3 rings (SSSR count). The molecule has 0 radical (unpaired) electrons. The van der Waals surface area contributed by atoms with Crippen molar-refractivity contribution >= 4 is 11.3 Å². The van der Waals surface area contributed by atoms with E-state index in [1.807, 2.05) is 23.5 Å². The number of rotatable bonds is 4. The Morgan fingerprint density at radius 2 is 1.86 bits per heavy atom. The smallest absolute Gasteiger partial charge is 0.123 e. The lowest BCUT2D eigenvalue weighted by Crippen LogP contribution is -2.45. The molecule has 0 saturated carbocycles. The maximum atomic E-state index is 13.2. The standard InChI is InChI=1S/C17H21FN2S/c1-2-15-7-8-16(21-15)17(20-11-9-19-10-12-20)13-3-5-14(18)6-4-13/h3-8,17,19H,2,9-12H2,1H3. The minimum Gasteiger partial charge on any atom is -0.314 e.